The highest BCUT2D eigenvalue weighted by Crippen LogP contribution is 2.66. The van der Waals surface area contributed by atoms with Crippen LogP contribution in [0.4, 0.5) is 17.1 Å². The molecule has 0 N–H and O–H groups in total. The Morgan fingerprint density at radius 1 is 0.471 bits per heavy atom. The third-order valence-corrected chi connectivity index (χ3v) is 13.5. The summed E-state index contributed by atoms with van der Waals surface area (Å²) in [5.41, 5.74) is 14.7. The van der Waals surface area contributed by atoms with E-state index in [4.69, 9.17) is 0 Å². The molecule has 8 aromatic rings. The maximum atomic E-state index is 2.56. The Bertz CT molecular complexity index is 2600. The smallest absolute Gasteiger partial charge is 0.0465 e. The quantitative estimate of drug-likeness (QED) is 0.176. The summed E-state index contributed by atoms with van der Waals surface area (Å²) in [6, 6.07) is 61.4. The summed E-state index contributed by atoms with van der Waals surface area (Å²) < 4.78 is 2.69. The first-order valence-corrected chi connectivity index (χ1v) is 19.3. The minimum absolute atomic E-state index is 0.141. The molecule has 0 amide bonds. The summed E-state index contributed by atoms with van der Waals surface area (Å²) in [6.07, 6.45) is 5.40. The van der Waals surface area contributed by atoms with Gasteiger partial charge < -0.3 is 4.90 Å². The van der Waals surface area contributed by atoms with Crippen LogP contribution < -0.4 is 4.90 Å². The van der Waals surface area contributed by atoms with E-state index < -0.39 is 0 Å². The maximum absolute atomic E-state index is 2.56. The molecule has 7 aromatic carbocycles. The maximum Gasteiger partial charge on any atom is 0.0465 e. The van der Waals surface area contributed by atoms with E-state index in [1.807, 2.05) is 11.3 Å². The molecule has 2 fully saturated rings. The van der Waals surface area contributed by atoms with Crippen LogP contribution in [-0.4, -0.2) is 0 Å². The summed E-state index contributed by atoms with van der Waals surface area (Å²) in [5, 5.41) is 2.68. The first kappa shape index (κ1) is 29.3. The Morgan fingerprint density at radius 3 is 1.86 bits per heavy atom. The Morgan fingerprint density at radius 2 is 1.10 bits per heavy atom. The van der Waals surface area contributed by atoms with Crippen molar-refractivity contribution in [2.24, 2.45) is 11.8 Å². The second kappa shape index (κ2) is 11.3. The Hall–Kier alpha value is -5.44. The predicted octanol–water partition coefficient (Wildman–Crippen LogP) is 13.9. The molecular weight excluding hydrogens is 635 g/mol. The van der Waals surface area contributed by atoms with E-state index >= 15 is 0 Å². The fourth-order valence-corrected chi connectivity index (χ4v) is 11.2. The van der Waals surface area contributed by atoms with Crippen molar-refractivity contribution in [3.63, 3.8) is 0 Å². The van der Waals surface area contributed by atoms with E-state index in [1.165, 1.54) is 96.3 Å². The minimum atomic E-state index is 0.141. The average Bonchev–Trinajstić information content (AvgIpc) is 3.97. The molecule has 3 aliphatic rings. The first-order valence-electron chi connectivity index (χ1n) is 18.4. The van der Waals surface area contributed by atoms with Crippen LogP contribution in [0.15, 0.2) is 164 Å². The monoisotopic (exact) mass is 671 g/mol. The standard InChI is InChI=1S/C49H37NS/c1-2-8-33(9-3-1)34-15-21-38(22-16-34)50(39-23-17-35(18-24-39)36-19-27-48-44(29-36)43-11-5-7-13-47(43)51-48)40-25-26-42-41-10-4-6-12-45(41)49(46(42)30-40)31-32-14-20-37(49)28-32/h1-13,15-19,21-27,29-30,32,37H,14,20,28,31H2. The lowest BCUT2D eigenvalue weighted by Gasteiger charge is -2.37. The van der Waals surface area contributed by atoms with Gasteiger partial charge in [-0.15, -0.1) is 11.3 Å². The summed E-state index contributed by atoms with van der Waals surface area (Å²) in [5.74, 6) is 1.58. The molecular formula is C49H37NS. The normalized spacial score (nSPS) is 19.9. The molecule has 0 aliphatic heterocycles. The van der Waals surface area contributed by atoms with Crippen molar-refractivity contribution in [3.05, 3.63) is 175 Å². The van der Waals surface area contributed by atoms with Crippen molar-refractivity contribution in [1.82, 2.24) is 0 Å². The highest BCUT2D eigenvalue weighted by Gasteiger charge is 2.56. The molecule has 1 aromatic heterocycles. The number of thiophene rings is 1. The molecule has 2 heteroatoms. The summed E-state index contributed by atoms with van der Waals surface area (Å²) in [6.45, 7) is 0. The molecule has 2 saturated carbocycles. The summed E-state index contributed by atoms with van der Waals surface area (Å²) >= 11 is 1.88. The van der Waals surface area contributed by atoms with Crippen LogP contribution >= 0.6 is 11.3 Å². The SMILES string of the molecule is c1ccc(-c2ccc(N(c3ccc(-c4ccc5sc6ccccc6c5c4)cc3)c3ccc4c(c3)C3(CC5CCC3C5)c3ccccc3-4)cc2)cc1. The van der Waals surface area contributed by atoms with Crippen molar-refractivity contribution < 1.29 is 0 Å². The molecule has 244 valence electrons. The van der Waals surface area contributed by atoms with Gasteiger partial charge in [0.05, 0.1) is 0 Å². The zero-order valence-electron chi connectivity index (χ0n) is 28.4. The minimum Gasteiger partial charge on any atom is -0.310 e. The van der Waals surface area contributed by atoms with E-state index in [9.17, 15) is 0 Å². The van der Waals surface area contributed by atoms with E-state index in [1.54, 1.807) is 11.1 Å². The molecule has 2 bridgehead atoms. The fraction of sp³-hybridized carbons (Fsp3) is 0.143. The van der Waals surface area contributed by atoms with Crippen molar-refractivity contribution in [1.29, 1.82) is 0 Å². The lowest BCUT2D eigenvalue weighted by Crippen LogP contribution is -2.32. The Kier molecular flexibility index (Phi) is 6.48. The Labute approximate surface area is 303 Å². The topological polar surface area (TPSA) is 3.24 Å². The second-order valence-corrected chi connectivity index (χ2v) is 16.0. The van der Waals surface area contributed by atoms with E-state index in [0.717, 1.165) is 11.8 Å². The van der Waals surface area contributed by atoms with Crippen LogP contribution in [0.3, 0.4) is 0 Å². The zero-order chi connectivity index (χ0) is 33.5. The van der Waals surface area contributed by atoms with E-state index in [-0.39, 0.29) is 5.41 Å². The number of fused-ring (bicyclic) bond motifs is 11. The number of hydrogen-bond donors (Lipinski definition) is 0. The highest BCUT2D eigenvalue weighted by atomic mass is 32.1. The largest absolute Gasteiger partial charge is 0.310 e. The lowest BCUT2D eigenvalue weighted by atomic mass is 9.67. The zero-order valence-corrected chi connectivity index (χ0v) is 29.2. The van der Waals surface area contributed by atoms with Gasteiger partial charge in [-0.2, -0.15) is 0 Å². The van der Waals surface area contributed by atoms with Crippen LogP contribution in [-0.2, 0) is 5.41 Å². The molecule has 1 nitrogen and oxygen atoms in total. The first-order chi connectivity index (χ1) is 25.2. The molecule has 0 saturated heterocycles. The number of hydrogen-bond acceptors (Lipinski definition) is 2. The van der Waals surface area contributed by atoms with Gasteiger partial charge in [0.15, 0.2) is 0 Å². The van der Waals surface area contributed by atoms with Crippen molar-refractivity contribution in [2.75, 3.05) is 4.90 Å². The molecule has 3 aliphatic carbocycles. The molecule has 1 spiro atoms. The van der Waals surface area contributed by atoms with E-state index in [0.29, 0.717) is 0 Å². The average molecular weight is 672 g/mol. The number of rotatable bonds is 5. The third-order valence-electron chi connectivity index (χ3n) is 12.4. The highest BCUT2D eigenvalue weighted by molar-refractivity contribution is 7.25. The number of benzene rings is 7. The summed E-state index contributed by atoms with van der Waals surface area (Å²) in [7, 11) is 0. The van der Waals surface area contributed by atoms with Gasteiger partial charge in [-0.3, -0.25) is 0 Å². The summed E-state index contributed by atoms with van der Waals surface area (Å²) in [4.78, 5) is 2.47. The van der Waals surface area contributed by atoms with Crippen LogP contribution in [0.25, 0.3) is 53.6 Å². The van der Waals surface area contributed by atoms with Gasteiger partial charge in [-0.1, -0.05) is 116 Å². The fourth-order valence-electron chi connectivity index (χ4n) is 10.1. The lowest BCUT2D eigenvalue weighted by molar-refractivity contribution is 0.327. The van der Waals surface area contributed by atoms with Crippen LogP contribution in [0.2, 0.25) is 0 Å². The molecule has 0 radical (unpaired) electrons. The van der Waals surface area contributed by atoms with Crippen LogP contribution in [0.5, 0.6) is 0 Å². The van der Waals surface area contributed by atoms with E-state index in [2.05, 4.69) is 169 Å². The number of nitrogens with zero attached hydrogens (tertiary/aromatic N) is 1. The van der Waals surface area contributed by atoms with Gasteiger partial charge in [0.1, 0.15) is 0 Å². The van der Waals surface area contributed by atoms with Gasteiger partial charge in [0, 0.05) is 42.6 Å². The van der Waals surface area contributed by atoms with Gasteiger partial charge in [0.25, 0.3) is 0 Å². The second-order valence-electron chi connectivity index (χ2n) is 14.9. The molecule has 3 atom stereocenters. The van der Waals surface area contributed by atoms with Gasteiger partial charge in [-0.25, -0.2) is 0 Å². The van der Waals surface area contributed by atoms with Gasteiger partial charge in [-0.05, 0) is 130 Å². The van der Waals surface area contributed by atoms with Crippen molar-refractivity contribution >= 4 is 48.6 Å². The molecule has 3 unspecified atom stereocenters. The van der Waals surface area contributed by atoms with Crippen LogP contribution in [0.1, 0.15) is 36.8 Å². The molecule has 11 rings (SSSR count). The predicted molar refractivity (Wildman–Crippen MR) is 217 cm³/mol. The molecule has 1 heterocycles. The van der Waals surface area contributed by atoms with Gasteiger partial charge in [0.2, 0.25) is 0 Å². The van der Waals surface area contributed by atoms with Gasteiger partial charge >= 0.3 is 0 Å². The van der Waals surface area contributed by atoms with Crippen molar-refractivity contribution in [3.8, 4) is 33.4 Å². The van der Waals surface area contributed by atoms with Crippen LogP contribution in [0, 0.1) is 11.8 Å². The van der Waals surface area contributed by atoms with Crippen molar-refractivity contribution in [2.45, 2.75) is 31.1 Å². The third kappa shape index (κ3) is 4.46. The number of anilines is 3. The Balaban J connectivity index is 1.03. The molecule has 51 heavy (non-hydrogen) atoms.